The Morgan fingerprint density at radius 1 is 0.333 bits per heavy atom. The lowest BCUT2D eigenvalue weighted by Gasteiger charge is -2.18. The SMILES string of the molecule is CC/C=C\C/C=C\C/C=C\C/C=C\C/C=C\C/C=C\C/C=C\C/C=C\C/C=C\C/C=C\CCCCC(=O)OCC(COC(=O)CCCCCCC)OC(=O)CCCCCCCCC. The van der Waals surface area contributed by atoms with E-state index in [-0.39, 0.29) is 31.1 Å². The number of rotatable bonds is 43. The van der Waals surface area contributed by atoms with Gasteiger partial charge in [-0.15, -0.1) is 0 Å². The molecule has 0 aliphatic carbocycles. The summed E-state index contributed by atoms with van der Waals surface area (Å²) in [4.78, 5) is 37.3. The van der Waals surface area contributed by atoms with Crippen molar-refractivity contribution in [3.05, 3.63) is 122 Å². The maximum atomic E-state index is 12.5. The van der Waals surface area contributed by atoms with Gasteiger partial charge in [-0.2, -0.15) is 0 Å². The average Bonchev–Trinajstić information content (AvgIpc) is 3.28. The molecule has 0 rings (SSSR count). The predicted octanol–water partition coefficient (Wildman–Crippen LogP) is 16.5. The van der Waals surface area contributed by atoms with Crippen molar-refractivity contribution >= 4 is 17.9 Å². The summed E-state index contributed by atoms with van der Waals surface area (Å²) >= 11 is 0. The fraction of sp³-hybridized carbons (Fsp3) is 0.596. The molecule has 1 unspecified atom stereocenters. The number of unbranched alkanes of at least 4 members (excludes halogenated alkanes) is 12. The lowest BCUT2D eigenvalue weighted by molar-refractivity contribution is -0.167. The van der Waals surface area contributed by atoms with Gasteiger partial charge in [-0.3, -0.25) is 14.4 Å². The quantitative estimate of drug-likeness (QED) is 0.0263. The summed E-state index contributed by atoms with van der Waals surface area (Å²) < 4.78 is 16.5. The Balaban J connectivity index is 4.10. The highest BCUT2D eigenvalue weighted by atomic mass is 16.6. The first-order valence-corrected chi connectivity index (χ1v) is 25.0. The van der Waals surface area contributed by atoms with E-state index in [1.165, 1.54) is 25.7 Å². The van der Waals surface area contributed by atoms with Crippen LogP contribution in [-0.4, -0.2) is 37.2 Å². The van der Waals surface area contributed by atoms with E-state index in [4.69, 9.17) is 14.2 Å². The van der Waals surface area contributed by atoms with Gasteiger partial charge in [0, 0.05) is 19.3 Å². The van der Waals surface area contributed by atoms with Gasteiger partial charge < -0.3 is 14.2 Å². The molecule has 0 aromatic rings. The largest absolute Gasteiger partial charge is 0.462 e. The molecule has 0 amide bonds. The third-order valence-corrected chi connectivity index (χ3v) is 9.98. The molecule has 0 fully saturated rings. The number of ether oxygens (including phenoxy) is 3. The van der Waals surface area contributed by atoms with E-state index in [9.17, 15) is 14.4 Å². The molecule has 6 heteroatoms. The highest BCUT2D eigenvalue weighted by Gasteiger charge is 2.19. The number of carbonyl (C=O) groups excluding carboxylic acids is 3. The van der Waals surface area contributed by atoms with Gasteiger partial charge in [0.05, 0.1) is 0 Å². The zero-order valence-electron chi connectivity index (χ0n) is 40.3. The highest BCUT2D eigenvalue weighted by Crippen LogP contribution is 2.12. The van der Waals surface area contributed by atoms with Crippen LogP contribution in [0.2, 0.25) is 0 Å². The van der Waals surface area contributed by atoms with Crippen molar-refractivity contribution in [2.45, 2.75) is 207 Å². The van der Waals surface area contributed by atoms with E-state index < -0.39 is 6.10 Å². The van der Waals surface area contributed by atoms with Gasteiger partial charge >= 0.3 is 17.9 Å². The van der Waals surface area contributed by atoms with Crippen LogP contribution >= 0.6 is 0 Å². The van der Waals surface area contributed by atoms with E-state index >= 15 is 0 Å². The molecule has 0 heterocycles. The third-order valence-electron chi connectivity index (χ3n) is 9.98. The molecule has 0 aromatic heterocycles. The molecular formula is C57H90O6. The molecule has 63 heavy (non-hydrogen) atoms. The normalized spacial score (nSPS) is 13.1. The summed E-state index contributed by atoms with van der Waals surface area (Å²) in [5.74, 6) is -0.973. The molecule has 0 aliphatic rings. The van der Waals surface area contributed by atoms with Crippen LogP contribution in [0.4, 0.5) is 0 Å². The first-order valence-electron chi connectivity index (χ1n) is 25.0. The van der Waals surface area contributed by atoms with Crippen LogP contribution in [0.25, 0.3) is 0 Å². The lowest BCUT2D eigenvalue weighted by Crippen LogP contribution is -2.30. The molecule has 0 aromatic carbocycles. The Labute approximate surface area is 386 Å². The minimum absolute atomic E-state index is 0.0942. The summed E-state index contributed by atoms with van der Waals surface area (Å²) in [5.41, 5.74) is 0. The van der Waals surface area contributed by atoms with Crippen molar-refractivity contribution in [2.75, 3.05) is 13.2 Å². The topological polar surface area (TPSA) is 78.9 Å². The van der Waals surface area contributed by atoms with Crippen LogP contribution in [0.3, 0.4) is 0 Å². The standard InChI is InChI=1S/C57H90O6/c1-4-7-10-13-15-16-17-18-19-20-21-22-23-24-25-26-27-28-29-30-31-32-33-34-35-36-37-38-39-40-42-44-47-50-56(59)62-53-54(52-61-55(58)49-46-43-12-9-6-3)63-57(60)51-48-45-41-14-11-8-5-2/h7,10,15-16,18-19,21-22,24-25,27-28,30-31,33-34,36-37,39-40,54H,4-6,8-9,11-14,17,20,23,26,29,32,35,38,41-53H2,1-3H3/b10-7-,16-15-,19-18-,22-21-,25-24-,28-27-,31-30-,34-33-,37-36-,40-39-. The number of carbonyl (C=O) groups is 3. The van der Waals surface area contributed by atoms with Crippen molar-refractivity contribution in [3.8, 4) is 0 Å². The molecule has 1 atom stereocenters. The van der Waals surface area contributed by atoms with Crippen molar-refractivity contribution in [2.24, 2.45) is 0 Å². The van der Waals surface area contributed by atoms with Crippen molar-refractivity contribution in [1.82, 2.24) is 0 Å². The lowest BCUT2D eigenvalue weighted by atomic mass is 10.1. The molecule has 0 radical (unpaired) electrons. The van der Waals surface area contributed by atoms with Crippen LogP contribution < -0.4 is 0 Å². The molecule has 6 nitrogen and oxygen atoms in total. The molecule has 354 valence electrons. The fourth-order valence-electron chi connectivity index (χ4n) is 6.23. The van der Waals surface area contributed by atoms with Crippen LogP contribution in [0.1, 0.15) is 201 Å². The molecule has 0 saturated carbocycles. The maximum absolute atomic E-state index is 12.5. The highest BCUT2D eigenvalue weighted by molar-refractivity contribution is 5.71. The summed E-state index contributed by atoms with van der Waals surface area (Å²) in [6, 6.07) is 0. The smallest absolute Gasteiger partial charge is 0.306 e. The van der Waals surface area contributed by atoms with E-state index in [1.54, 1.807) is 0 Å². The summed E-state index contributed by atoms with van der Waals surface area (Å²) in [7, 11) is 0. The maximum Gasteiger partial charge on any atom is 0.306 e. The molecule has 0 bridgehead atoms. The molecule has 0 spiro atoms. The number of hydrogen-bond donors (Lipinski definition) is 0. The second-order valence-electron chi connectivity index (χ2n) is 16.0. The minimum Gasteiger partial charge on any atom is -0.462 e. The van der Waals surface area contributed by atoms with Crippen LogP contribution in [0.5, 0.6) is 0 Å². The third kappa shape index (κ3) is 48.7. The number of allylic oxidation sites excluding steroid dienone is 20. The minimum atomic E-state index is -0.789. The summed E-state index contributed by atoms with van der Waals surface area (Å²) in [6.07, 6.45) is 69.7. The Morgan fingerprint density at radius 2 is 0.619 bits per heavy atom. The average molecular weight is 871 g/mol. The van der Waals surface area contributed by atoms with Crippen LogP contribution in [0.15, 0.2) is 122 Å². The monoisotopic (exact) mass is 871 g/mol. The number of hydrogen-bond acceptors (Lipinski definition) is 6. The predicted molar refractivity (Wildman–Crippen MR) is 269 cm³/mol. The molecular weight excluding hydrogens is 781 g/mol. The first-order chi connectivity index (χ1) is 31.0. The second kappa shape index (κ2) is 50.5. The first kappa shape index (κ1) is 58.8. The Hall–Kier alpha value is -4.19. The van der Waals surface area contributed by atoms with E-state index in [1.807, 2.05) is 0 Å². The van der Waals surface area contributed by atoms with Gasteiger partial charge in [-0.05, 0) is 96.3 Å². The van der Waals surface area contributed by atoms with Crippen molar-refractivity contribution < 1.29 is 28.6 Å². The Kier molecular flexibility index (Phi) is 47.1. The van der Waals surface area contributed by atoms with Crippen molar-refractivity contribution in [1.29, 1.82) is 0 Å². The van der Waals surface area contributed by atoms with E-state index in [2.05, 4.69) is 142 Å². The van der Waals surface area contributed by atoms with Crippen LogP contribution in [-0.2, 0) is 28.6 Å². The zero-order valence-corrected chi connectivity index (χ0v) is 40.3. The van der Waals surface area contributed by atoms with Crippen LogP contribution in [0, 0.1) is 0 Å². The Bertz CT molecular complexity index is 1370. The number of esters is 3. The molecule has 0 N–H and O–H groups in total. The van der Waals surface area contributed by atoms with Crippen molar-refractivity contribution in [3.63, 3.8) is 0 Å². The summed E-state index contributed by atoms with van der Waals surface area (Å²) in [6.45, 7) is 6.32. The van der Waals surface area contributed by atoms with Gasteiger partial charge in [0.2, 0.25) is 0 Å². The summed E-state index contributed by atoms with van der Waals surface area (Å²) in [5, 5.41) is 0. The van der Waals surface area contributed by atoms with E-state index in [0.717, 1.165) is 135 Å². The van der Waals surface area contributed by atoms with Gasteiger partial charge in [0.25, 0.3) is 0 Å². The molecule has 0 aliphatic heterocycles. The van der Waals surface area contributed by atoms with Gasteiger partial charge in [-0.25, -0.2) is 0 Å². The fourth-order valence-corrected chi connectivity index (χ4v) is 6.23. The van der Waals surface area contributed by atoms with E-state index in [0.29, 0.717) is 19.3 Å². The molecule has 0 saturated heterocycles. The Morgan fingerprint density at radius 3 is 0.968 bits per heavy atom. The van der Waals surface area contributed by atoms with Gasteiger partial charge in [0.1, 0.15) is 13.2 Å². The second-order valence-corrected chi connectivity index (χ2v) is 16.0. The van der Waals surface area contributed by atoms with Gasteiger partial charge in [-0.1, -0.05) is 206 Å². The van der Waals surface area contributed by atoms with Gasteiger partial charge in [0.15, 0.2) is 6.10 Å². The zero-order chi connectivity index (χ0) is 45.8.